The van der Waals surface area contributed by atoms with Crippen molar-refractivity contribution >= 4 is 44.2 Å². The summed E-state index contributed by atoms with van der Waals surface area (Å²) < 4.78 is 2.93. The molecule has 1 aliphatic heterocycles. The highest BCUT2D eigenvalue weighted by atomic mass is 79.9. The zero-order chi connectivity index (χ0) is 23.6. The second kappa shape index (κ2) is 10.2. The van der Waals surface area contributed by atoms with Crippen LogP contribution in [0.15, 0.2) is 28.9 Å². The number of nitrogens with one attached hydrogen (secondary N) is 1. The predicted molar refractivity (Wildman–Crippen MR) is 133 cm³/mol. The van der Waals surface area contributed by atoms with Gasteiger partial charge >= 0.3 is 0 Å². The summed E-state index contributed by atoms with van der Waals surface area (Å²) in [6.45, 7) is 10.8. The van der Waals surface area contributed by atoms with Crippen molar-refractivity contribution < 1.29 is 9.59 Å². The van der Waals surface area contributed by atoms with E-state index < -0.39 is 0 Å². The number of nitrogens with two attached hydrogens (primary N) is 1. The Labute approximate surface area is 198 Å². The molecule has 0 radical (unpaired) electrons. The highest BCUT2D eigenvalue weighted by Crippen LogP contribution is 2.38. The number of carbonyl (C=O) groups excluding carboxylic acids is 2. The first kappa shape index (κ1) is 24.5. The number of carbonyl (C=O) groups is 2. The summed E-state index contributed by atoms with van der Waals surface area (Å²) in [5.74, 6) is -0.0987. The highest BCUT2D eigenvalue weighted by molar-refractivity contribution is 9.10. The molecule has 2 amide bonds. The van der Waals surface area contributed by atoms with Gasteiger partial charge in [-0.3, -0.25) is 9.59 Å². The molecule has 0 spiro atoms. The number of likely N-dealkylation sites (N-methyl/N-ethyl adjacent to an activating group) is 1. The van der Waals surface area contributed by atoms with Crippen LogP contribution in [-0.2, 0) is 16.1 Å². The Morgan fingerprint density at radius 3 is 2.59 bits per heavy atom. The van der Waals surface area contributed by atoms with E-state index in [1.807, 2.05) is 37.8 Å². The topological polar surface area (TPSA) is 83.6 Å². The van der Waals surface area contributed by atoms with Crippen LogP contribution in [0.1, 0.15) is 45.0 Å². The molecule has 0 saturated heterocycles. The molecule has 0 saturated carbocycles. The second-order valence-electron chi connectivity index (χ2n) is 8.43. The summed E-state index contributed by atoms with van der Waals surface area (Å²) in [5, 5.41) is 4.03. The van der Waals surface area contributed by atoms with Crippen LogP contribution in [0.2, 0.25) is 0 Å². The van der Waals surface area contributed by atoms with Crippen molar-refractivity contribution in [2.45, 2.75) is 40.4 Å². The second-order valence-corrected chi connectivity index (χ2v) is 9.18. The Bertz CT molecular complexity index is 1040. The summed E-state index contributed by atoms with van der Waals surface area (Å²) in [7, 11) is 2.05. The Kier molecular flexibility index (Phi) is 7.79. The third kappa shape index (κ3) is 4.63. The number of nitrogens with zero attached hydrogens (tertiary/aromatic N) is 3. The lowest BCUT2D eigenvalue weighted by Gasteiger charge is -2.32. The van der Waals surface area contributed by atoms with Crippen LogP contribution in [0, 0.1) is 5.92 Å². The lowest BCUT2D eigenvalue weighted by Crippen LogP contribution is -2.42. The molecule has 0 aliphatic carbocycles. The monoisotopic (exact) mass is 503 g/mol. The molecular formula is C24H34BrN5O2. The minimum atomic E-state index is -0.236. The standard InChI is InChI=1S/C24H34BrN5O2/c1-6-29(7-2)24(32)18-11-17(13-28(5)14-18)19-9-8-10-21-22(19)20(12-26)23(25)30(21)15(3)27-16(4)31/h8-11,15,18H,6-7,12-14,26H2,1-5H3,(H,27,31). The molecule has 174 valence electrons. The van der Waals surface area contributed by atoms with E-state index in [9.17, 15) is 9.59 Å². The first-order valence-electron chi connectivity index (χ1n) is 11.2. The molecule has 2 aromatic rings. The van der Waals surface area contributed by atoms with E-state index in [1.54, 1.807) is 0 Å². The maximum atomic E-state index is 13.1. The van der Waals surface area contributed by atoms with E-state index in [2.05, 4.69) is 49.9 Å². The van der Waals surface area contributed by atoms with Crippen molar-refractivity contribution in [3.63, 3.8) is 0 Å². The Balaban J connectivity index is 2.16. The van der Waals surface area contributed by atoms with Gasteiger partial charge in [-0.05, 0) is 61.0 Å². The molecule has 32 heavy (non-hydrogen) atoms. The van der Waals surface area contributed by atoms with Crippen LogP contribution in [0.4, 0.5) is 0 Å². The van der Waals surface area contributed by atoms with Gasteiger partial charge in [0.25, 0.3) is 0 Å². The van der Waals surface area contributed by atoms with Crippen molar-refractivity contribution in [3.05, 3.63) is 40.0 Å². The highest BCUT2D eigenvalue weighted by Gasteiger charge is 2.29. The number of fused-ring (bicyclic) bond motifs is 1. The first-order chi connectivity index (χ1) is 15.2. The van der Waals surface area contributed by atoms with Gasteiger partial charge < -0.3 is 25.4 Å². The Morgan fingerprint density at radius 2 is 2.00 bits per heavy atom. The van der Waals surface area contributed by atoms with Gasteiger partial charge in [-0.2, -0.15) is 0 Å². The fourth-order valence-corrected chi connectivity index (χ4v) is 5.60. The van der Waals surface area contributed by atoms with Gasteiger partial charge in [0.15, 0.2) is 0 Å². The van der Waals surface area contributed by atoms with Gasteiger partial charge in [0.1, 0.15) is 6.17 Å². The van der Waals surface area contributed by atoms with Crippen LogP contribution in [0.3, 0.4) is 0 Å². The van der Waals surface area contributed by atoms with E-state index in [0.29, 0.717) is 26.2 Å². The number of hydrogen-bond acceptors (Lipinski definition) is 4. The molecule has 0 bridgehead atoms. The van der Waals surface area contributed by atoms with E-state index in [0.717, 1.165) is 38.8 Å². The van der Waals surface area contributed by atoms with Crippen LogP contribution in [0.5, 0.6) is 0 Å². The number of rotatable bonds is 7. The van der Waals surface area contributed by atoms with Gasteiger partial charge in [-0.15, -0.1) is 0 Å². The largest absolute Gasteiger partial charge is 0.343 e. The third-order valence-corrected chi connectivity index (χ3v) is 7.02. The van der Waals surface area contributed by atoms with Gasteiger partial charge in [-0.25, -0.2) is 0 Å². The average molecular weight is 504 g/mol. The SMILES string of the molecule is CCN(CC)C(=O)C1C=C(c2cccc3c2c(CN)c(Br)n3C(C)NC(C)=O)CN(C)C1. The third-order valence-electron chi connectivity index (χ3n) is 6.16. The molecule has 3 N–H and O–H groups in total. The maximum absolute atomic E-state index is 13.1. The minimum absolute atomic E-state index is 0.0916. The molecule has 3 rings (SSSR count). The molecule has 1 aromatic carbocycles. The molecule has 2 unspecified atom stereocenters. The minimum Gasteiger partial charge on any atom is -0.343 e. The van der Waals surface area contributed by atoms with Gasteiger partial charge in [0.05, 0.1) is 16.0 Å². The summed E-state index contributed by atoms with van der Waals surface area (Å²) in [4.78, 5) is 28.9. The molecule has 2 atom stereocenters. The Hall–Kier alpha value is -2.16. The zero-order valence-electron chi connectivity index (χ0n) is 19.6. The molecule has 1 aromatic heterocycles. The number of benzene rings is 1. The first-order valence-corrected chi connectivity index (χ1v) is 12.0. The van der Waals surface area contributed by atoms with Crippen molar-refractivity contribution in [1.82, 2.24) is 19.7 Å². The molecule has 7 nitrogen and oxygen atoms in total. The van der Waals surface area contributed by atoms with Crippen molar-refractivity contribution in [2.24, 2.45) is 11.7 Å². The number of amides is 2. The van der Waals surface area contributed by atoms with Crippen LogP contribution < -0.4 is 11.1 Å². The molecule has 1 aliphatic rings. The fraction of sp³-hybridized carbons (Fsp3) is 0.500. The van der Waals surface area contributed by atoms with Crippen LogP contribution in [0.25, 0.3) is 16.5 Å². The Morgan fingerprint density at radius 1 is 1.31 bits per heavy atom. The molecular weight excluding hydrogens is 470 g/mol. The molecule has 8 heteroatoms. The van der Waals surface area contributed by atoms with Gasteiger partial charge in [0, 0.05) is 50.6 Å². The summed E-state index contributed by atoms with van der Waals surface area (Å²) in [6.07, 6.45) is 1.90. The molecule has 2 heterocycles. The predicted octanol–water partition coefficient (Wildman–Crippen LogP) is 3.33. The molecule has 0 fully saturated rings. The summed E-state index contributed by atoms with van der Waals surface area (Å²) in [6, 6.07) is 6.18. The van der Waals surface area contributed by atoms with Crippen LogP contribution in [-0.4, -0.2) is 59.4 Å². The normalized spacial score (nSPS) is 17.8. The van der Waals surface area contributed by atoms with E-state index in [1.165, 1.54) is 6.92 Å². The average Bonchev–Trinajstić information content (AvgIpc) is 3.04. The number of halogens is 1. The van der Waals surface area contributed by atoms with Crippen molar-refractivity contribution in [2.75, 3.05) is 33.2 Å². The lowest BCUT2D eigenvalue weighted by atomic mass is 9.91. The summed E-state index contributed by atoms with van der Waals surface area (Å²) >= 11 is 3.73. The van der Waals surface area contributed by atoms with Gasteiger partial charge in [-0.1, -0.05) is 18.2 Å². The number of hydrogen-bond donors (Lipinski definition) is 2. The number of aromatic nitrogens is 1. The maximum Gasteiger partial charge on any atom is 0.230 e. The quantitative estimate of drug-likeness (QED) is 0.606. The lowest BCUT2D eigenvalue weighted by molar-refractivity contribution is -0.134. The van der Waals surface area contributed by atoms with E-state index in [4.69, 9.17) is 5.73 Å². The van der Waals surface area contributed by atoms with Gasteiger partial charge in [0.2, 0.25) is 11.8 Å². The van der Waals surface area contributed by atoms with E-state index >= 15 is 0 Å². The van der Waals surface area contributed by atoms with Crippen molar-refractivity contribution in [3.8, 4) is 0 Å². The smallest absolute Gasteiger partial charge is 0.230 e. The summed E-state index contributed by atoms with van der Waals surface area (Å²) in [5.41, 5.74) is 10.4. The van der Waals surface area contributed by atoms with Crippen molar-refractivity contribution in [1.29, 1.82) is 0 Å². The van der Waals surface area contributed by atoms with Crippen LogP contribution >= 0.6 is 15.9 Å². The van der Waals surface area contributed by atoms with E-state index in [-0.39, 0.29) is 23.9 Å². The zero-order valence-corrected chi connectivity index (χ0v) is 21.2. The fourth-order valence-electron chi connectivity index (χ4n) is 4.74.